The summed E-state index contributed by atoms with van der Waals surface area (Å²) in [6.45, 7) is 0. The van der Waals surface area contributed by atoms with Crippen molar-refractivity contribution in [1.82, 2.24) is 5.32 Å². The highest BCUT2D eigenvalue weighted by Gasteiger charge is 2.16. The average Bonchev–Trinajstić information content (AvgIpc) is 3.03. The van der Waals surface area contributed by atoms with Crippen LogP contribution in [0, 0.1) is 5.92 Å². The minimum absolute atomic E-state index is 0.196. The number of carbonyl (C=O) groups is 1. The summed E-state index contributed by atoms with van der Waals surface area (Å²) in [5.41, 5.74) is 0.801. The van der Waals surface area contributed by atoms with Gasteiger partial charge in [0.25, 0.3) is 0 Å². The standard InChI is InChI=1S/C12H14N2O/c15-12(13-9-8-10-6-7-10)14-11-4-2-1-3-5-11/h1-5,8-10H,6-7H2,(H2,13,14,15)/b9-8+. The Bertz CT molecular complexity index is 355. The molecule has 2 amide bonds. The van der Waals surface area contributed by atoms with Crippen molar-refractivity contribution in [2.45, 2.75) is 12.8 Å². The largest absolute Gasteiger partial charge is 0.323 e. The van der Waals surface area contributed by atoms with E-state index >= 15 is 0 Å². The fourth-order valence-electron chi connectivity index (χ4n) is 1.24. The van der Waals surface area contributed by atoms with Crippen molar-refractivity contribution in [3.63, 3.8) is 0 Å². The van der Waals surface area contributed by atoms with Gasteiger partial charge in [-0.05, 0) is 30.9 Å². The molecule has 2 rings (SSSR count). The van der Waals surface area contributed by atoms with Crippen molar-refractivity contribution in [2.24, 2.45) is 5.92 Å². The molecule has 0 aliphatic heterocycles. The number of hydrogen-bond acceptors (Lipinski definition) is 1. The van der Waals surface area contributed by atoms with E-state index in [1.54, 1.807) is 6.20 Å². The topological polar surface area (TPSA) is 41.1 Å². The molecule has 0 unspecified atom stereocenters. The second-order valence-corrected chi connectivity index (χ2v) is 3.66. The van der Waals surface area contributed by atoms with Gasteiger partial charge in [0.2, 0.25) is 0 Å². The third-order valence-corrected chi connectivity index (χ3v) is 2.24. The maximum absolute atomic E-state index is 11.3. The number of para-hydroxylation sites is 1. The monoisotopic (exact) mass is 202 g/mol. The Balaban J connectivity index is 1.76. The molecular weight excluding hydrogens is 188 g/mol. The summed E-state index contributed by atoms with van der Waals surface area (Å²) in [6.07, 6.45) is 6.25. The van der Waals surface area contributed by atoms with Crippen molar-refractivity contribution in [3.05, 3.63) is 42.6 Å². The molecule has 0 aromatic heterocycles. The molecule has 15 heavy (non-hydrogen) atoms. The lowest BCUT2D eigenvalue weighted by atomic mass is 10.3. The number of allylic oxidation sites excluding steroid dienone is 1. The van der Waals surface area contributed by atoms with Crippen LogP contribution in [0.25, 0.3) is 0 Å². The highest BCUT2D eigenvalue weighted by Crippen LogP contribution is 2.29. The SMILES string of the molecule is O=C(N/C=C/C1CC1)Nc1ccccc1. The molecule has 1 fully saturated rings. The van der Waals surface area contributed by atoms with Crippen LogP contribution in [-0.4, -0.2) is 6.03 Å². The smallest absolute Gasteiger partial charge is 0.315 e. The first kappa shape index (κ1) is 9.77. The fraction of sp³-hybridized carbons (Fsp3) is 0.250. The molecule has 0 heterocycles. The fourth-order valence-corrected chi connectivity index (χ4v) is 1.24. The zero-order valence-electron chi connectivity index (χ0n) is 8.44. The maximum atomic E-state index is 11.3. The molecule has 0 bridgehead atoms. The van der Waals surface area contributed by atoms with Gasteiger partial charge in [0.15, 0.2) is 0 Å². The van der Waals surface area contributed by atoms with Crippen molar-refractivity contribution < 1.29 is 4.79 Å². The average molecular weight is 202 g/mol. The highest BCUT2D eigenvalue weighted by molar-refractivity contribution is 5.89. The Morgan fingerprint density at radius 3 is 2.67 bits per heavy atom. The highest BCUT2D eigenvalue weighted by atomic mass is 16.2. The van der Waals surface area contributed by atoms with E-state index < -0.39 is 0 Å². The van der Waals surface area contributed by atoms with Gasteiger partial charge < -0.3 is 10.6 Å². The predicted octanol–water partition coefficient (Wildman–Crippen LogP) is 2.73. The van der Waals surface area contributed by atoms with Gasteiger partial charge in [-0.25, -0.2) is 4.79 Å². The molecule has 1 aromatic rings. The lowest BCUT2D eigenvalue weighted by molar-refractivity contribution is 0.255. The molecule has 1 aliphatic carbocycles. The van der Waals surface area contributed by atoms with Crippen LogP contribution < -0.4 is 10.6 Å². The van der Waals surface area contributed by atoms with Crippen LogP contribution in [0.15, 0.2) is 42.6 Å². The van der Waals surface area contributed by atoms with Crippen LogP contribution in [0.5, 0.6) is 0 Å². The number of benzene rings is 1. The Morgan fingerprint density at radius 2 is 2.00 bits per heavy atom. The minimum Gasteiger partial charge on any atom is -0.315 e. The third kappa shape index (κ3) is 3.46. The summed E-state index contributed by atoms with van der Waals surface area (Å²) in [5.74, 6) is 0.682. The van der Waals surface area contributed by atoms with Crippen molar-refractivity contribution in [1.29, 1.82) is 0 Å². The van der Waals surface area contributed by atoms with Crippen molar-refractivity contribution >= 4 is 11.7 Å². The Hall–Kier alpha value is -1.77. The first-order chi connectivity index (χ1) is 7.34. The first-order valence-corrected chi connectivity index (χ1v) is 5.14. The van der Waals surface area contributed by atoms with Crippen molar-refractivity contribution in [3.8, 4) is 0 Å². The lowest BCUT2D eigenvalue weighted by Crippen LogP contribution is -2.23. The lowest BCUT2D eigenvalue weighted by Gasteiger charge is -2.03. The van der Waals surface area contributed by atoms with Gasteiger partial charge in [0, 0.05) is 11.9 Å². The van der Waals surface area contributed by atoms with Crippen LogP contribution in [-0.2, 0) is 0 Å². The van der Waals surface area contributed by atoms with E-state index in [2.05, 4.69) is 10.6 Å². The van der Waals surface area contributed by atoms with Crippen LogP contribution in [0.4, 0.5) is 10.5 Å². The van der Waals surface area contributed by atoms with Gasteiger partial charge in [-0.2, -0.15) is 0 Å². The van der Waals surface area contributed by atoms with Gasteiger partial charge in [-0.1, -0.05) is 24.3 Å². The number of amides is 2. The quantitative estimate of drug-likeness (QED) is 0.777. The molecule has 1 aromatic carbocycles. The first-order valence-electron chi connectivity index (χ1n) is 5.14. The molecule has 3 nitrogen and oxygen atoms in total. The van der Waals surface area contributed by atoms with Gasteiger partial charge >= 0.3 is 6.03 Å². The van der Waals surface area contributed by atoms with Crippen LogP contribution in [0.2, 0.25) is 0 Å². The summed E-state index contributed by atoms with van der Waals surface area (Å²) >= 11 is 0. The van der Waals surface area contributed by atoms with E-state index in [4.69, 9.17) is 0 Å². The zero-order chi connectivity index (χ0) is 10.5. The number of nitrogens with one attached hydrogen (secondary N) is 2. The minimum atomic E-state index is -0.196. The Kier molecular flexibility index (Phi) is 3.02. The van der Waals surface area contributed by atoms with Gasteiger partial charge in [0.1, 0.15) is 0 Å². The second-order valence-electron chi connectivity index (χ2n) is 3.66. The summed E-state index contributed by atoms with van der Waals surface area (Å²) < 4.78 is 0. The van der Waals surface area contributed by atoms with E-state index in [-0.39, 0.29) is 6.03 Å². The molecule has 2 N–H and O–H groups in total. The normalized spacial score (nSPS) is 15.2. The van der Waals surface area contributed by atoms with E-state index in [0.717, 1.165) is 5.69 Å². The molecule has 0 radical (unpaired) electrons. The van der Waals surface area contributed by atoms with E-state index in [0.29, 0.717) is 5.92 Å². The van der Waals surface area contributed by atoms with E-state index in [1.165, 1.54) is 12.8 Å². The number of rotatable bonds is 3. The molecular formula is C12H14N2O. The van der Waals surface area contributed by atoms with E-state index in [9.17, 15) is 4.79 Å². The van der Waals surface area contributed by atoms with Gasteiger partial charge in [0.05, 0.1) is 0 Å². The van der Waals surface area contributed by atoms with Crippen LogP contribution >= 0.6 is 0 Å². The number of carbonyl (C=O) groups excluding carboxylic acids is 1. The Morgan fingerprint density at radius 1 is 1.27 bits per heavy atom. The number of hydrogen-bond donors (Lipinski definition) is 2. The summed E-state index contributed by atoms with van der Waals surface area (Å²) in [4.78, 5) is 11.3. The second kappa shape index (κ2) is 4.64. The molecule has 0 atom stereocenters. The number of anilines is 1. The van der Waals surface area contributed by atoms with Crippen molar-refractivity contribution in [2.75, 3.05) is 5.32 Å². The third-order valence-electron chi connectivity index (χ3n) is 2.24. The van der Waals surface area contributed by atoms with Gasteiger partial charge in [-0.3, -0.25) is 0 Å². The van der Waals surface area contributed by atoms with Crippen LogP contribution in [0.3, 0.4) is 0 Å². The number of urea groups is 1. The molecule has 0 saturated heterocycles. The molecule has 1 saturated carbocycles. The maximum Gasteiger partial charge on any atom is 0.323 e. The van der Waals surface area contributed by atoms with Crippen LogP contribution in [0.1, 0.15) is 12.8 Å². The molecule has 0 spiro atoms. The molecule has 78 valence electrons. The zero-order valence-corrected chi connectivity index (χ0v) is 8.44. The Labute approximate surface area is 89.2 Å². The predicted molar refractivity (Wildman–Crippen MR) is 60.5 cm³/mol. The summed E-state index contributed by atoms with van der Waals surface area (Å²) in [5, 5.41) is 5.41. The van der Waals surface area contributed by atoms with E-state index in [1.807, 2.05) is 36.4 Å². The van der Waals surface area contributed by atoms with Gasteiger partial charge in [-0.15, -0.1) is 0 Å². The summed E-state index contributed by atoms with van der Waals surface area (Å²) in [6, 6.07) is 9.19. The molecule has 1 aliphatic rings. The summed E-state index contributed by atoms with van der Waals surface area (Å²) in [7, 11) is 0. The molecule has 3 heteroatoms.